The second-order valence-corrected chi connectivity index (χ2v) is 6.63. The van der Waals surface area contributed by atoms with E-state index in [1.807, 2.05) is 25.1 Å². The highest BCUT2D eigenvalue weighted by atomic mass is 32.1. The molecule has 26 heavy (non-hydrogen) atoms. The number of H-pyrrole nitrogens is 1. The molecule has 3 rings (SSSR count). The number of nitrogens with zero attached hydrogens (tertiary/aromatic N) is 1. The van der Waals surface area contributed by atoms with Crippen LogP contribution in [0.4, 0.5) is 5.13 Å². The zero-order valence-electron chi connectivity index (χ0n) is 14.9. The minimum atomic E-state index is -0.459. The standard InChI is InChI=1S/C18H19N3O4S/c1-5-10-13(17(23)25-4)9(2)14(19-10)16(22)21-18-20-15-11(24-3)7-6-8-12(15)26-18/h6-8,19H,5H2,1-4H3,(H,20,21,22). The molecule has 1 amide bonds. The van der Waals surface area contributed by atoms with Gasteiger partial charge in [-0.15, -0.1) is 0 Å². The fourth-order valence-corrected chi connectivity index (χ4v) is 3.71. The highest BCUT2D eigenvalue weighted by Gasteiger charge is 2.24. The average Bonchev–Trinajstić information content (AvgIpc) is 3.20. The highest BCUT2D eigenvalue weighted by molar-refractivity contribution is 7.22. The lowest BCUT2D eigenvalue weighted by molar-refractivity contribution is 0.0599. The fourth-order valence-electron chi connectivity index (χ4n) is 2.83. The van der Waals surface area contributed by atoms with Crippen molar-refractivity contribution in [1.29, 1.82) is 0 Å². The molecule has 0 aliphatic heterocycles. The molecule has 0 saturated heterocycles. The third kappa shape index (κ3) is 3.03. The first-order valence-corrected chi connectivity index (χ1v) is 8.86. The van der Waals surface area contributed by atoms with Crippen molar-refractivity contribution in [3.05, 3.63) is 40.7 Å². The molecule has 0 aliphatic rings. The molecule has 2 aromatic heterocycles. The first-order chi connectivity index (χ1) is 12.5. The van der Waals surface area contributed by atoms with Gasteiger partial charge in [0.2, 0.25) is 0 Å². The van der Waals surface area contributed by atoms with Crippen LogP contribution >= 0.6 is 11.3 Å². The molecule has 0 spiro atoms. The lowest BCUT2D eigenvalue weighted by Gasteiger charge is -2.02. The van der Waals surface area contributed by atoms with Crippen LogP contribution in [0.15, 0.2) is 18.2 Å². The van der Waals surface area contributed by atoms with Crippen molar-refractivity contribution in [3.8, 4) is 5.75 Å². The largest absolute Gasteiger partial charge is 0.494 e. The second kappa shape index (κ2) is 7.17. The number of aryl methyl sites for hydroxylation is 1. The summed E-state index contributed by atoms with van der Waals surface area (Å²) in [6.07, 6.45) is 0.580. The summed E-state index contributed by atoms with van der Waals surface area (Å²) < 4.78 is 11.0. The quantitative estimate of drug-likeness (QED) is 0.667. The molecule has 7 nitrogen and oxygen atoms in total. The van der Waals surface area contributed by atoms with Crippen LogP contribution in [0.3, 0.4) is 0 Å². The van der Waals surface area contributed by atoms with Crippen molar-refractivity contribution < 1.29 is 19.1 Å². The van der Waals surface area contributed by atoms with E-state index in [2.05, 4.69) is 15.3 Å². The van der Waals surface area contributed by atoms with Gasteiger partial charge >= 0.3 is 5.97 Å². The number of para-hydroxylation sites is 1. The van der Waals surface area contributed by atoms with E-state index in [1.165, 1.54) is 18.4 Å². The zero-order chi connectivity index (χ0) is 18.8. The summed E-state index contributed by atoms with van der Waals surface area (Å²) in [5.41, 5.74) is 2.66. The average molecular weight is 373 g/mol. The Balaban J connectivity index is 1.93. The monoisotopic (exact) mass is 373 g/mol. The van der Waals surface area contributed by atoms with Gasteiger partial charge in [0.05, 0.1) is 24.5 Å². The van der Waals surface area contributed by atoms with Crippen molar-refractivity contribution >= 4 is 38.6 Å². The summed E-state index contributed by atoms with van der Waals surface area (Å²) in [7, 11) is 2.90. The Kier molecular flexibility index (Phi) is 4.94. The Hall–Kier alpha value is -2.87. The van der Waals surface area contributed by atoms with Crippen LogP contribution in [-0.4, -0.2) is 36.1 Å². The molecule has 2 heterocycles. The Morgan fingerprint density at radius 1 is 1.31 bits per heavy atom. The van der Waals surface area contributed by atoms with Crippen molar-refractivity contribution in [2.75, 3.05) is 19.5 Å². The predicted octanol–water partition coefficient (Wildman–Crippen LogP) is 3.54. The minimum Gasteiger partial charge on any atom is -0.494 e. The molecule has 8 heteroatoms. The number of aromatic amines is 1. The normalized spacial score (nSPS) is 10.8. The summed E-state index contributed by atoms with van der Waals surface area (Å²) in [6, 6.07) is 5.60. The predicted molar refractivity (Wildman–Crippen MR) is 100 cm³/mol. The molecule has 1 aromatic carbocycles. The SMILES string of the molecule is CCc1[nH]c(C(=O)Nc2nc3c(OC)cccc3s2)c(C)c1C(=O)OC. The Labute approximate surface area is 154 Å². The number of thiazole rings is 1. The van der Waals surface area contributed by atoms with Crippen LogP contribution in [0.5, 0.6) is 5.75 Å². The maximum absolute atomic E-state index is 12.7. The topological polar surface area (TPSA) is 93.3 Å². The van der Waals surface area contributed by atoms with Gasteiger partial charge in [0.15, 0.2) is 5.13 Å². The number of hydrogen-bond acceptors (Lipinski definition) is 6. The first kappa shape index (κ1) is 17.9. The van der Waals surface area contributed by atoms with Crippen molar-refractivity contribution in [2.45, 2.75) is 20.3 Å². The van der Waals surface area contributed by atoms with Crippen molar-refractivity contribution in [2.24, 2.45) is 0 Å². The van der Waals surface area contributed by atoms with Gasteiger partial charge in [-0.2, -0.15) is 0 Å². The molecular formula is C18H19N3O4S. The van der Waals surface area contributed by atoms with Gasteiger partial charge in [-0.05, 0) is 31.0 Å². The van der Waals surface area contributed by atoms with Gasteiger partial charge in [-0.25, -0.2) is 9.78 Å². The number of carbonyl (C=O) groups excluding carboxylic acids is 2. The lowest BCUT2D eigenvalue weighted by Crippen LogP contribution is -2.14. The molecule has 0 atom stereocenters. The minimum absolute atomic E-state index is 0.327. The smallest absolute Gasteiger partial charge is 0.339 e. The maximum atomic E-state index is 12.7. The van der Waals surface area contributed by atoms with E-state index in [1.54, 1.807) is 14.0 Å². The Morgan fingerprint density at radius 2 is 2.08 bits per heavy atom. The summed E-state index contributed by atoms with van der Waals surface area (Å²) in [5.74, 6) is -0.165. The molecule has 136 valence electrons. The van der Waals surface area contributed by atoms with Crippen molar-refractivity contribution in [3.63, 3.8) is 0 Å². The van der Waals surface area contributed by atoms with Crippen LogP contribution in [-0.2, 0) is 11.2 Å². The van der Waals surface area contributed by atoms with E-state index in [4.69, 9.17) is 9.47 Å². The summed E-state index contributed by atoms with van der Waals surface area (Å²) in [4.78, 5) is 32.2. The number of ether oxygens (including phenoxy) is 2. The van der Waals surface area contributed by atoms with Gasteiger partial charge in [0.1, 0.15) is 17.0 Å². The Bertz CT molecular complexity index is 990. The molecule has 0 radical (unpaired) electrons. The number of benzene rings is 1. The zero-order valence-corrected chi connectivity index (χ0v) is 15.7. The maximum Gasteiger partial charge on any atom is 0.339 e. The molecule has 3 aromatic rings. The number of fused-ring (bicyclic) bond motifs is 1. The molecule has 2 N–H and O–H groups in total. The van der Waals surface area contributed by atoms with Gasteiger partial charge in [-0.1, -0.05) is 24.3 Å². The highest BCUT2D eigenvalue weighted by Crippen LogP contribution is 2.32. The number of anilines is 1. The van der Waals surface area contributed by atoms with Gasteiger partial charge < -0.3 is 14.5 Å². The number of esters is 1. The van der Waals surface area contributed by atoms with Crippen LogP contribution < -0.4 is 10.1 Å². The molecule has 0 bridgehead atoms. The lowest BCUT2D eigenvalue weighted by atomic mass is 10.1. The molecule has 0 saturated carbocycles. The first-order valence-electron chi connectivity index (χ1n) is 8.04. The van der Waals surface area contributed by atoms with E-state index in [9.17, 15) is 9.59 Å². The molecule has 0 fully saturated rings. The third-order valence-electron chi connectivity index (χ3n) is 4.12. The summed E-state index contributed by atoms with van der Waals surface area (Å²) in [5, 5.41) is 3.25. The van der Waals surface area contributed by atoms with E-state index in [0.717, 1.165) is 4.70 Å². The van der Waals surface area contributed by atoms with Crippen LogP contribution in [0.25, 0.3) is 10.2 Å². The van der Waals surface area contributed by atoms with E-state index in [-0.39, 0.29) is 5.91 Å². The molecule has 0 aliphatic carbocycles. The number of aromatic nitrogens is 2. The Morgan fingerprint density at radius 3 is 2.73 bits per heavy atom. The van der Waals surface area contributed by atoms with Crippen LogP contribution in [0.2, 0.25) is 0 Å². The van der Waals surface area contributed by atoms with Gasteiger partial charge in [-0.3, -0.25) is 10.1 Å². The number of nitrogens with one attached hydrogen (secondary N) is 2. The molecular weight excluding hydrogens is 354 g/mol. The fraction of sp³-hybridized carbons (Fsp3) is 0.278. The van der Waals surface area contributed by atoms with Crippen LogP contribution in [0.1, 0.15) is 39.0 Å². The van der Waals surface area contributed by atoms with Gasteiger partial charge in [0, 0.05) is 5.69 Å². The summed E-state index contributed by atoms with van der Waals surface area (Å²) in [6.45, 7) is 3.62. The number of carbonyl (C=O) groups is 2. The number of rotatable bonds is 5. The number of methoxy groups -OCH3 is 2. The summed E-state index contributed by atoms with van der Waals surface area (Å²) >= 11 is 1.35. The van der Waals surface area contributed by atoms with E-state index in [0.29, 0.717) is 45.3 Å². The van der Waals surface area contributed by atoms with Crippen LogP contribution in [0, 0.1) is 6.92 Å². The van der Waals surface area contributed by atoms with Gasteiger partial charge in [0.25, 0.3) is 5.91 Å². The molecule has 0 unspecified atom stereocenters. The van der Waals surface area contributed by atoms with Crippen molar-refractivity contribution in [1.82, 2.24) is 9.97 Å². The number of hydrogen-bond donors (Lipinski definition) is 2. The number of amides is 1. The van der Waals surface area contributed by atoms with E-state index < -0.39 is 5.97 Å². The second-order valence-electron chi connectivity index (χ2n) is 5.60. The van der Waals surface area contributed by atoms with E-state index >= 15 is 0 Å². The third-order valence-corrected chi connectivity index (χ3v) is 5.06.